The maximum atomic E-state index is 12.9. The Balaban J connectivity index is 0.000000287. The average molecular weight is 1050 g/mol. The fourth-order valence-corrected chi connectivity index (χ4v) is 7.76. The van der Waals surface area contributed by atoms with E-state index in [1.165, 1.54) is 0 Å². The molecule has 6 aromatic carbocycles. The van der Waals surface area contributed by atoms with Gasteiger partial charge in [0.1, 0.15) is 25.6 Å². The number of rotatable bonds is 24. The fraction of sp³-hybridized carbons (Fsp3) is 0.328. The molecule has 17 heteroatoms. The average Bonchev–Trinajstić information content (AvgIpc) is 3.47. The Morgan fingerprint density at radius 2 is 0.974 bits per heavy atom. The maximum absolute atomic E-state index is 12.9. The van der Waals surface area contributed by atoms with E-state index < -0.39 is 16.7 Å². The van der Waals surface area contributed by atoms with Crippen LogP contribution >= 0.6 is 0 Å². The Morgan fingerprint density at radius 1 is 0.551 bits per heavy atom. The highest BCUT2D eigenvalue weighted by Crippen LogP contribution is 2.32. The predicted molar refractivity (Wildman–Crippen MR) is 304 cm³/mol. The Kier molecular flexibility index (Phi) is 23.0. The quantitative estimate of drug-likeness (QED) is 0.0150. The summed E-state index contributed by atoms with van der Waals surface area (Å²) in [6.45, 7) is 15.3. The summed E-state index contributed by atoms with van der Waals surface area (Å²) in [5, 5.41) is 44.4. The van der Waals surface area contributed by atoms with Gasteiger partial charge in [-0.3, -0.25) is 14.4 Å². The predicted octanol–water partition coefficient (Wildman–Crippen LogP) is 15.5. The molecule has 0 aliphatic carbocycles. The molecule has 0 radical (unpaired) electrons. The van der Waals surface area contributed by atoms with Gasteiger partial charge in [-0.1, -0.05) is 40.5 Å². The van der Waals surface area contributed by atoms with E-state index in [-0.39, 0.29) is 25.2 Å². The van der Waals surface area contributed by atoms with Crippen LogP contribution in [-0.2, 0) is 19.1 Å². The Morgan fingerprint density at radius 3 is 1.42 bits per heavy atom. The van der Waals surface area contributed by atoms with Gasteiger partial charge in [-0.2, -0.15) is 41.2 Å². The number of hydrazine groups is 1. The molecule has 6 rings (SSSR count). The van der Waals surface area contributed by atoms with Crippen molar-refractivity contribution < 1.29 is 28.6 Å². The van der Waals surface area contributed by atoms with E-state index in [0.29, 0.717) is 64.0 Å². The van der Waals surface area contributed by atoms with E-state index in [1.807, 2.05) is 96.0 Å². The molecule has 17 nitrogen and oxygen atoms in total. The SMILES string of the molecule is CCCC(C)(CC)C(=O)OCCN(C)c1ccc(N=Nc2ccc(N=Nc3ccc(C#N)cc3)cc2C)cc1.CCCC(C)(CC)C(=O)OCCOc1ccc(C(=O)N(N)c2ccc(N=Nc3ccc(C#N)cc3)cc2)cc1. The standard InChI is InChI=1S/C31H36N6O2.C30H33N5O4/c1-6-18-31(4,7-2)30(38)39-20-19-37(5)28-15-12-26(13-16-28)34-36-29-17-14-27(21-23(29)3)35-33-25-10-8-24(22-32)9-11-25;1-4-18-30(3,5-2)29(37)39-20-19-38-27-16-8-23(9-17-27)28(36)35(32)26-14-12-25(13-15-26)34-33-24-10-6-22(21-31)7-11-24/h8-17,21H,6-7,18-20H2,1-5H3;6-17H,4-5,18-20,32H2,1-3H3. The van der Waals surface area contributed by atoms with Gasteiger partial charge in [0.15, 0.2) is 0 Å². The molecule has 6 aromatic rings. The number of carbonyl (C=O) groups is 3. The van der Waals surface area contributed by atoms with Crippen molar-refractivity contribution in [1.82, 2.24) is 0 Å². The van der Waals surface area contributed by atoms with Gasteiger partial charge in [-0.25, -0.2) is 10.9 Å². The number of aryl methyl sites for hydroxylation is 1. The number of nitrogens with zero attached hydrogens (tertiary/aromatic N) is 10. The van der Waals surface area contributed by atoms with Gasteiger partial charge >= 0.3 is 11.9 Å². The van der Waals surface area contributed by atoms with Gasteiger partial charge in [0.25, 0.3) is 5.91 Å². The molecule has 0 aliphatic rings. The molecule has 1 amide bonds. The molecule has 0 bridgehead atoms. The number of nitriles is 2. The van der Waals surface area contributed by atoms with Gasteiger partial charge < -0.3 is 19.1 Å². The first-order valence-corrected chi connectivity index (χ1v) is 26.0. The van der Waals surface area contributed by atoms with Crippen LogP contribution in [0.15, 0.2) is 170 Å². The van der Waals surface area contributed by atoms with Crippen molar-refractivity contribution in [3.05, 3.63) is 162 Å². The fourth-order valence-electron chi connectivity index (χ4n) is 7.76. The summed E-state index contributed by atoms with van der Waals surface area (Å²) >= 11 is 0. The highest BCUT2D eigenvalue weighted by molar-refractivity contribution is 6.05. The van der Waals surface area contributed by atoms with Gasteiger partial charge in [0, 0.05) is 18.3 Å². The first-order valence-electron chi connectivity index (χ1n) is 26.0. The molecular weight excluding hydrogens is 983 g/mol. The lowest BCUT2D eigenvalue weighted by molar-refractivity contribution is -0.156. The zero-order valence-corrected chi connectivity index (χ0v) is 45.8. The Labute approximate surface area is 458 Å². The smallest absolute Gasteiger partial charge is 0.311 e. The van der Waals surface area contributed by atoms with E-state index in [2.05, 4.69) is 49.7 Å². The van der Waals surface area contributed by atoms with Crippen LogP contribution < -0.4 is 20.5 Å². The molecule has 0 fully saturated rings. The molecule has 78 heavy (non-hydrogen) atoms. The summed E-state index contributed by atoms with van der Waals surface area (Å²) in [5.74, 6) is 5.91. The number of amides is 1. The molecule has 2 atom stereocenters. The van der Waals surface area contributed by atoms with Crippen molar-refractivity contribution in [3.8, 4) is 17.9 Å². The van der Waals surface area contributed by atoms with Crippen molar-refractivity contribution in [1.29, 1.82) is 10.5 Å². The maximum Gasteiger partial charge on any atom is 0.311 e. The van der Waals surface area contributed by atoms with E-state index >= 15 is 0 Å². The van der Waals surface area contributed by atoms with Crippen LogP contribution in [0.2, 0.25) is 0 Å². The lowest BCUT2D eigenvalue weighted by atomic mass is 9.83. The minimum Gasteiger partial charge on any atom is -0.490 e. The number of hydrogen-bond acceptors (Lipinski definition) is 16. The normalized spacial score (nSPS) is 12.6. The summed E-state index contributed by atoms with van der Waals surface area (Å²) in [6, 6.07) is 44.5. The molecule has 0 saturated carbocycles. The van der Waals surface area contributed by atoms with Crippen LogP contribution in [0.25, 0.3) is 0 Å². The second-order valence-electron chi connectivity index (χ2n) is 19.0. The number of likely N-dealkylation sites (N-methyl/N-ethyl adjacent to an activating group) is 1. The van der Waals surface area contributed by atoms with Crippen LogP contribution in [0.1, 0.15) is 107 Å². The topological polar surface area (TPSA) is 233 Å². The second kappa shape index (κ2) is 30.0. The number of hydrogen-bond donors (Lipinski definition) is 1. The van der Waals surface area contributed by atoms with E-state index in [9.17, 15) is 14.4 Å². The van der Waals surface area contributed by atoms with Gasteiger partial charge in [-0.15, -0.1) is 0 Å². The van der Waals surface area contributed by atoms with E-state index in [1.54, 1.807) is 97.1 Å². The van der Waals surface area contributed by atoms with Crippen LogP contribution in [0.3, 0.4) is 0 Å². The Bertz CT molecular complexity index is 3080. The first kappa shape index (κ1) is 59.9. The Hall–Kier alpha value is -8.93. The highest BCUT2D eigenvalue weighted by atomic mass is 16.6. The minimum atomic E-state index is -0.471. The molecule has 0 heterocycles. The van der Waals surface area contributed by atoms with Crippen LogP contribution in [0, 0.1) is 40.4 Å². The molecular formula is C61H69N11O6. The lowest BCUT2D eigenvalue weighted by Gasteiger charge is -2.26. The summed E-state index contributed by atoms with van der Waals surface area (Å²) in [6.07, 6.45) is 5.00. The summed E-state index contributed by atoms with van der Waals surface area (Å²) in [7, 11) is 1.97. The van der Waals surface area contributed by atoms with Crippen molar-refractivity contribution in [2.45, 2.75) is 87.0 Å². The summed E-state index contributed by atoms with van der Waals surface area (Å²) in [4.78, 5) is 39.8. The molecule has 404 valence electrons. The third-order valence-corrected chi connectivity index (χ3v) is 13.1. The lowest BCUT2D eigenvalue weighted by Crippen LogP contribution is -2.37. The molecule has 0 spiro atoms. The molecule has 2 N–H and O–H groups in total. The number of esters is 2. The highest BCUT2D eigenvalue weighted by Gasteiger charge is 2.33. The van der Waals surface area contributed by atoms with Crippen LogP contribution in [0.5, 0.6) is 5.75 Å². The largest absolute Gasteiger partial charge is 0.490 e. The van der Waals surface area contributed by atoms with Crippen LogP contribution in [0.4, 0.5) is 45.5 Å². The molecule has 0 aliphatic heterocycles. The number of ether oxygens (including phenoxy) is 3. The number of benzene rings is 6. The molecule has 0 saturated heterocycles. The number of azo groups is 3. The number of carbonyl (C=O) groups excluding carboxylic acids is 3. The summed E-state index contributed by atoms with van der Waals surface area (Å²) < 4.78 is 16.6. The third-order valence-electron chi connectivity index (χ3n) is 13.1. The summed E-state index contributed by atoms with van der Waals surface area (Å²) in [5.41, 5.74) is 7.14. The van der Waals surface area contributed by atoms with E-state index in [4.69, 9.17) is 30.6 Å². The third kappa shape index (κ3) is 17.9. The van der Waals surface area contributed by atoms with Crippen LogP contribution in [-0.4, -0.2) is 51.3 Å². The number of nitrogens with two attached hydrogens (primary N) is 1. The zero-order chi connectivity index (χ0) is 56.5. The first-order chi connectivity index (χ1) is 37.6. The minimum absolute atomic E-state index is 0.117. The van der Waals surface area contributed by atoms with Crippen molar-refractivity contribution in [3.63, 3.8) is 0 Å². The van der Waals surface area contributed by atoms with Crippen molar-refractivity contribution in [2.24, 2.45) is 47.4 Å². The van der Waals surface area contributed by atoms with Crippen molar-refractivity contribution in [2.75, 3.05) is 43.3 Å². The van der Waals surface area contributed by atoms with Gasteiger partial charge in [0.2, 0.25) is 0 Å². The van der Waals surface area contributed by atoms with Gasteiger partial charge in [0.05, 0.1) is 80.5 Å². The van der Waals surface area contributed by atoms with E-state index in [0.717, 1.165) is 66.2 Å². The van der Waals surface area contributed by atoms with Gasteiger partial charge in [-0.05, 0) is 192 Å². The molecule has 0 aromatic heterocycles. The number of anilines is 2. The molecule has 2 unspecified atom stereocenters. The van der Waals surface area contributed by atoms with Crippen molar-refractivity contribution >= 4 is 63.3 Å². The second-order valence-corrected chi connectivity index (χ2v) is 19.0. The monoisotopic (exact) mass is 1050 g/mol. The zero-order valence-electron chi connectivity index (χ0n) is 45.8.